The van der Waals surface area contributed by atoms with Crippen LogP contribution in [0.1, 0.15) is 36.1 Å². The molecule has 0 spiro atoms. The number of halogens is 1. The number of hydrogen-bond donors (Lipinski definition) is 1. The summed E-state index contributed by atoms with van der Waals surface area (Å²) in [5.41, 5.74) is 3.34. The Morgan fingerprint density at radius 1 is 1.28 bits per heavy atom. The third kappa shape index (κ3) is 4.72. The number of rotatable bonds is 8. The molecule has 0 aromatic carbocycles. The Morgan fingerprint density at radius 2 is 2.06 bits per heavy atom. The second-order valence-corrected chi connectivity index (χ2v) is 5.55. The molecule has 0 fully saturated rings. The van der Waals surface area contributed by atoms with E-state index in [9.17, 15) is 0 Å². The third-order valence-corrected chi connectivity index (χ3v) is 3.79. The zero-order valence-electron chi connectivity index (χ0n) is 11.6. The lowest BCUT2D eigenvalue weighted by Gasteiger charge is -2.12. The number of nitrogens with zero attached hydrogens (tertiary/aromatic N) is 1. The quantitative estimate of drug-likeness (QED) is 0.437. The number of pyridine rings is 1. The van der Waals surface area contributed by atoms with Crippen LogP contribution in [0.5, 0.6) is 5.75 Å². The molecule has 0 bridgehead atoms. The molecule has 0 saturated carbocycles. The molecule has 102 valence electrons. The van der Waals surface area contributed by atoms with Crippen LogP contribution in [0.3, 0.4) is 0 Å². The Balaban J connectivity index is 2.43. The van der Waals surface area contributed by atoms with Crippen LogP contribution >= 0.6 is 22.6 Å². The van der Waals surface area contributed by atoms with Gasteiger partial charge in [0.25, 0.3) is 0 Å². The molecule has 0 unspecified atom stereocenters. The second-order valence-electron chi connectivity index (χ2n) is 4.47. The monoisotopic (exact) mass is 362 g/mol. The molecular weight excluding hydrogens is 339 g/mol. The molecule has 0 aliphatic rings. The van der Waals surface area contributed by atoms with E-state index < -0.39 is 0 Å². The standard InChI is InChI=1S/C14H23IN2O/c1-11-9-17-13(12(2)14(11)18-3)10-16-8-6-4-5-7-15/h9,16H,4-8,10H2,1-3H3. The smallest absolute Gasteiger partial charge is 0.128 e. The van der Waals surface area contributed by atoms with Crippen molar-refractivity contribution in [1.29, 1.82) is 0 Å². The lowest BCUT2D eigenvalue weighted by Crippen LogP contribution is -2.17. The first-order valence-corrected chi connectivity index (χ1v) is 7.99. The molecule has 0 radical (unpaired) electrons. The van der Waals surface area contributed by atoms with Gasteiger partial charge in [-0.15, -0.1) is 0 Å². The Kier molecular flexibility index (Phi) is 7.58. The van der Waals surface area contributed by atoms with Crippen molar-refractivity contribution >= 4 is 22.6 Å². The summed E-state index contributed by atoms with van der Waals surface area (Å²) in [6.07, 6.45) is 5.75. The number of ether oxygens (including phenoxy) is 1. The Labute approximate surface area is 124 Å². The van der Waals surface area contributed by atoms with E-state index >= 15 is 0 Å². The highest BCUT2D eigenvalue weighted by Gasteiger charge is 2.08. The van der Waals surface area contributed by atoms with E-state index in [0.29, 0.717) is 0 Å². The highest BCUT2D eigenvalue weighted by molar-refractivity contribution is 14.1. The van der Waals surface area contributed by atoms with Gasteiger partial charge in [-0.3, -0.25) is 4.98 Å². The number of unbranched alkanes of at least 4 members (excludes halogenated alkanes) is 2. The summed E-state index contributed by atoms with van der Waals surface area (Å²) in [6.45, 7) is 5.99. The van der Waals surface area contributed by atoms with Gasteiger partial charge < -0.3 is 10.1 Å². The summed E-state index contributed by atoms with van der Waals surface area (Å²) in [5, 5.41) is 3.45. The average Bonchev–Trinajstić information content (AvgIpc) is 2.36. The first-order valence-electron chi connectivity index (χ1n) is 6.46. The van der Waals surface area contributed by atoms with Gasteiger partial charge in [0.1, 0.15) is 5.75 Å². The van der Waals surface area contributed by atoms with E-state index in [1.807, 2.05) is 13.1 Å². The molecule has 0 amide bonds. The number of hydrogen-bond acceptors (Lipinski definition) is 3. The lowest BCUT2D eigenvalue weighted by atomic mass is 10.1. The van der Waals surface area contributed by atoms with Crippen LogP contribution < -0.4 is 10.1 Å². The van der Waals surface area contributed by atoms with Crippen molar-refractivity contribution in [3.05, 3.63) is 23.0 Å². The molecule has 0 aliphatic carbocycles. The van der Waals surface area contributed by atoms with E-state index in [-0.39, 0.29) is 0 Å². The van der Waals surface area contributed by atoms with Gasteiger partial charge >= 0.3 is 0 Å². The van der Waals surface area contributed by atoms with Crippen molar-refractivity contribution in [1.82, 2.24) is 10.3 Å². The summed E-state index contributed by atoms with van der Waals surface area (Å²) < 4.78 is 6.66. The fourth-order valence-corrected chi connectivity index (χ4v) is 2.52. The number of aromatic nitrogens is 1. The second kappa shape index (κ2) is 8.69. The largest absolute Gasteiger partial charge is 0.496 e. The van der Waals surface area contributed by atoms with Crippen molar-refractivity contribution < 1.29 is 4.74 Å². The van der Waals surface area contributed by atoms with Gasteiger partial charge in [-0.25, -0.2) is 0 Å². The summed E-state index contributed by atoms with van der Waals surface area (Å²) in [6, 6.07) is 0. The highest BCUT2D eigenvalue weighted by atomic mass is 127. The summed E-state index contributed by atoms with van der Waals surface area (Å²) in [5.74, 6) is 0.965. The summed E-state index contributed by atoms with van der Waals surface area (Å²) in [4.78, 5) is 4.48. The third-order valence-electron chi connectivity index (χ3n) is 3.03. The number of aryl methyl sites for hydroxylation is 1. The van der Waals surface area contributed by atoms with Crippen LogP contribution in [-0.2, 0) is 6.54 Å². The minimum atomic E-state index is 0.826. The normalized spacial score (nSPS) is 10.7. The maximum absolute atomic E-state index is 5.41. The lowest BCUT2D eigenvalue weighted by molar-refractivity contribution is 0.406. The number of nitrogens with one attached hydrogen (secondary N) is 1. The SMILES string of the molecule is COc1c(C)cnc(CNCCCCCI)c1C. The van der Waals surface area contributed by atoms with Crippen molar-refractivity contribution in [2.75, 3.05) is 18.1 Å². The van der Waals surface area contributed by atoms with E-state index in [2.05, 4.69) is 39.8 Å². The van der Waals surface area contributed by atoms with Crippen LogP contribution in [0.25, 0.3) is 0 Å². The first-order chi connectivity index (χ1) is 8.70. The van der Waals surface area contributed by atoms with Gasteiger partial charge in [-0.05, 0) is 37.7 Å². The molecule has 3 nitrogen and oxygen atoms in total. The van der Waals surface area contributed by atoms with E-state index in [0.717, 1.165) is 35.7 Å². The van der Waals surface area contributed by atoms with Crippen LogP contribution in [0.2, 0.25) is 0 Å². The highest BCUT2D eigenvalue weighted by Crippen LogP contribution is 2.23. The van der Waals surface area contributed by atoms with E-state index in [1.165, 1.54) is 23.7 Å². The fraction of sp³-hybridized carbons (Fsp3) is 0.643. The maximum atomic E-state index is 5.41. The number of alkyl halides is 1. The molecule has 0 atom stereocenters. The topological polar surface area (TPSA) is 34.1 Å². The van der Waals surface area contributed by atoms with Gasteiger partial charge in [0.05, 0.1) is 12.8 Å². The molecule has 1 N–H and O–H groups in total. The van der Waals surface area contributed by atoms with Crippen LogP contribution in [0.15, 0.2) is 6.20 Å². The van der Waals surface area contributed by atoms with Crippen molar-refractivity contribution in [3.8, 4) is 5.75 Å². The molecule has 4 heteroatoms. The molecule has 1 rings (SSSR count). The average molecular weight is 362 g/mol. The molecule has 1 aromatic rings. The van der Waals surface area contributed by atoms with E-state index in [1.54, 1.807) is 7.11 Å². The fourth-order valence-electron chi connectivity index (χ4n) is 1.98. The zero-order valence-corrected chi connectivity index (χ0v) is 13.7. The van der Waals surface area contributed by atoms with Gasteiger partial charge in [0, 0.05) is 23.9 Å². The van der Waals surface area contributed by atoms with Crippen LogP contribution in [0, 0.1) is 13.8 Å². The molecule has 18 heavy (non-hydrogen) atoms. The summed E-state index contributed by atoms with van der Waals surface area (Å²) >= 11 is 2.43. The predicted octanol–water partition coefficient (Wildman–Crippen LogP) is 3.40. The molecule has 1 heterocycles. The van der Waals surface area contributed by atoms with Crippen LogP contribution in [0.4, 0.5) is 0 Å². The maximum Gasteiger partial charge on any atom is 0.128 e. The summed E-state index contributed by atoms with van der Waals surface area (Å²) in [7, 11) is 1.72. The van der Waals surface area contributed by atoms with Crippen molar-refractivity contribution in [3.63, 3.8) is 0 Å². The van der Waals surface area contributed by atoms with Crippen LogP contribution in [-0.4, -0.2) is 23.1 Å². The Hall–Kier alpha value is -0.360. The first kappa shape index (κ1) is 15.7. The predicted molar refractivity (Wildman–Crippen MR) is 84.7 cm³/mol. The van der Waals surface area contributed by atoms with Gasteiger partial charge in [0.2, 0.25) is 0 Å². The molecular formula is C14H23IN2O. The van der Waals surface area contributed by atoms with Gasteiger partial charge in [-0.2, -0.15) is 0 Å². The zero-order chi connectivity index (χ0) is 13.4. The minimum Gasteiger partial charge on any atom is -0.496 e. The van der Waals surface area contributed by atoms with Crippen molar-refractivity contribution in [2.24, 2.45) is 0 Å². The number of methoxy groups -OCH3 is 1. The van der Waals surface area contributed by atoms with E-state index in [4.69, 9.17) is 4.74 Å². The minimum absolute atomic E-state index is 0.826. The molecule has 1 aromatic heterocycles. The Bertz CT molecular complexity index is 369. The van der Waals surface area contributed by atoms with Gasteiger partial charge in [-0.1, -0.05) is 29.0 Å². The molecule has 0 saturated heterocycles. The molecule has 0 aliphatic heterocycles. The van der Waals surface area contributed by atoms with Gasteiger partial charge in [0.15, 0.2) is 0 Å². The Morgan fingerprint density at radius 3 is 2.72 bits per heavy atom. The van der Waals surface area contributed by atoms with Crippen molar-refractivity contribution in [2.45, 2.75) is 39.7 Å².